The molecule has 1 aliphatic carbocycles. The van der Waals surface area contributed by atoms with Crippen molar-refractivity contribution in [2.75, 3.05) is 45.9 Å². The largest absolute Gasteiger partial charge is 0.491 e. The van der Waals surface area contributed by atoms with Gasteiger partial charge in [0.1, 0.15) is 11.9 Å². The Balaban J connectivity index is 0.952. The molecule has 1 atom stereocenters. The molecule has 3 aromatic rings. The average molecular weight is 602 g/mol. The number of nitrogens with zero attached hydrogens (tertiary/aromatic N) is 6. The van der Waals surface area contributed by atoms with Gasteiger partial charge in [0.2, 0.25) is 5.91 Å². The van der Waals surface area contributed by atoms with Gasteiger partial charge in [0.25, 0.3) is 0 Å². The molecular formula is C33H43N7O4. The molecule has 44 heavy (non-hydrogen) atoms. The number of benzene rings is 1. The fraction of sp³-hybridized carbons (Fsp3) is 0.576. The lowest BCUT2D eigenvalue weighted by molar-refractivity contribution is -0.130. The van der Waals surface area contributed by atoms with E-state index in [4.69, 9.17) is 4.74 Å². The van der Waals surface area contributed by atoms with Crippen molar-refractivity contribution in [3.8, 4) is 5.75 Å². The molecule has 5 heterocycles. The molecule has 4 fully saturated rings. The van der Waals surface area contributed by atoms with Crippen LogP contribution >= 0.6 is 0 Å². The molecule has 1 aromatic carbocycles. The molecule has 3 aliphatic heterocycles. The minimum Gasteiger partial charge on any atom is -0.491 e. The van der Waals surface area contributed by atoms with Gasteiger partial charge in [-0.1, -0.05) is 30.3 Å². The summed E-state index contributed by atoms with van der Waals surface area (Å²) in [6, 6.07) is 12.8. The molecule has 3 amide bonds. The van der Waals surface area contributed by atoms with Gasteiger partial charge in [-0.25, -0.2) is 14.3 Å². The van der Waals surface area contributed by atoms with Crippen molar-refractivity contribution >= 4 is 17.6 Å². The number of aliphatic hydroxyl groups is 1. The number of hydrogen-bond acceptors (Lipinski definition) is 7. The van der Waals surface area contributed by atoms with Gasteiger partial charge in [-0.15, -0.1) is 5.10 Å². The van der Waals surface area contributed by atoms with Crippen LogP contribution in [0.4, 0.5) is 4.79 Å². The third-order valence-corrected chi connectivity index (χ3v) is 10.4. The van der Waals surface area contributed by atoms with Gasteiger partial charge in [0, 0.05) is 51.1 Å². The maximum atomic E-state index is 13.0. The highest BCUT2D eigenvalue weighted by atomic mass is 16.5. The van der Waals surface area contributed by atoms with E-state index >= 15 is 0 Å². The molecule has 1 saturated carbocycles. The molecule has 2 aromatic heterocycles. The summed E-state index contributed by atoms with van der Waals surface area (Å²) in [4.78, 5) is 35.5. The molecule has 1 unspecified atom stereocenters. The summed E-state index contributed by atoms with van der Waals surface area (Å²) in [6.07, 6.45) is 6.81. The lowest BCUT2D eigenvalue weighted by Crippen LogP contribution is -2.56. The molecule has 1 spiro atoms. The number of aryl methyl sites for hydroxylation is 1. The number of amides is 3. The van der Waals surface area contributed by atoms with E-state index in [1.54, 1.807) is 16.3 Å². The number of aliphatic hydroxyl groups excluding tert-OH is 1. The van der Waals surface area contributed by atoms with Crippen LogP contribution < -0.4 is 10.1 Å². The Labute approximate surface area is 258 Å². The molecule has 0 bridgehead atoms. The van der Waals surface area contributed by atoms with Crippen molar-refractivity contribution in [1.29, 1.82) is 0 Å². The van der Waals surface area contributed by atoms with E-state index in [1.807, 2.05) is 30.2 Å². The lowest BCUT2D eigenvalue weighted by Gasteiger charge is -2.44. The Morgan fingerprint density at radius 2 is 1.84 bits per heavy atom. The fourth-order valence-electron chi connectivity index (χ4n) is 7.40. The Morgan fingerprint density at radius 1 is 1.11 bits per heavy atom. The smallest absolute Gasteiger partial charge is 0.318 e. The Bertz CT molecular complexity index is 1520. The van der Waals surface area contributed by atoms with Crippen molar-refractivity contribution in [2.24, 2.45) is 0 Å². The van der Waals surface area contributed by atoms with Crippen molar-refractivity contribution in [3.63, 3.8) is 0 Å². The van der Waals surface area contributed by atoms with Crippen molar-refractivity contribution in [1.82, 2.24) is 34.6 Å². The maximum absolute atomic E-state index is 13.0. The van der Waals surface area contributed by atoms with E-state index in [0.29, 0.717) is 30.7 Å². The Hall–Kier alpha value is -3.70. The molecule has 2 N–H and O–H groups in total. The highest BCUT2D eigenvalue weighted by Crippen LogP contribution is 2.48. The summed E-state index contributed by atoms with van der Waals surface area (Å²) in [7, 11) is 0. The minimum atomic E-state index is -1.00. The first-order valence-corrected chi connectivity index (χ1v) is 16.0. The first kappa shape index (κ1) is 29.0. The molecule has 234 valence electrons. The van der Waals surface area contributed by atoms with E-state index in [2.05, 4.69) is 44.6 Å². The summed E-state index contributed by atoms with van der Waals surface area (Å²) >= 11 is 0. The van der Waals surface area contributed by atoms with Gasteiger partial charge in [-0.05, 0) is 62.6 Å². The van der Waals surface area contributed by atoms with Crippen LogP contribution in [-0.4, -0.2) is 104 Å². The van der Waals surface area contributed by atoms with Crippen LogP contribution in [0, 0.1) is 6.92 Å². The van der Waals surface area contributed by atoms with Gasteiger partial charge < -0.3 is 29.9 Å². The molecule has 11 heteroatoms. The second-order valence-electron chi connectivity index (χ2n) is 13.4. The summed E-state index contributed by atoms with van der Waals surface area (Å²) in [6.45, 7) is 8.41. The van der Waals surface area contributed by atoms with E-state index in [-0.39, 0.29) is 29.4 Å². The molecule has 3 saturated heterocycles. The number of β-amino-alcohol motifs (C(OH)–C–C–N with tert-alkyl or cyclic N) is 1. The summed E-state index contributed by atoms with van der Waals surface area (Å²) in [5.41, 5.74) is 2.69. The normalized spacial score (nSPS) is 22.4. The van der Waals surface area contributed by atoms with Gasteiger partial charge in [0.05, 0.1) is 24.9 Å². The number of likely N-dealkylation sites (tertiary alicyclic amines) is 2. The standard InChI is InChI=1S/C33H43N7O4/c1-23-18-27(44-22-32(10-11-32)25-6-4-3-5-7-25)19-40-30(23)34-29(36-40)28(42)20-39-21-33(35-31(39)43)12-16-38(17-13-33)26-8-14-37(15-9-26)24(2)41/h3-7,18-19,26,28,42H,8-17,20-22H2,1-2H3,(H,35,43). The van der Waals surface area contributed by atoms with Crippen LogP contribution in [-0.2, 0) is 10.2 Å². The topological polar surface area (TPSA) is 116 Å². The number of urea groups is 1. The van der Waals surface area contributed by atoms with Crippen LogP contribution in [0.1, 0.15) is 68.5 Å². The number of piperidine rings is 2. The summed E-state index contributed by atoms with van der Waals surface area (Å²) in [5, 5.41) is 19.0. The zero-order valence-corrected chi connectivity index (χ0v) is 25.7. The van der Waals surface area contributed by atoms with Crippen LogP contribution in [0.25, 0.3) is 5.65 Å². The lowest BCUT2D eigenvalue weighted by atomic mass is 9.86. The predicted molar refractivity (Wildman–Crippen MR) is 164 cm³/mol. The van der Waals surface area contributed by atoms with Crippen LogP contribution in [0.3, 0.4) is 0 Å². The first-order chi connectivity index (χ1) is 21.2. The molecular weight excluding hydrogens is 558 g/mol. The number of rotatable bonds is 8. The van der Waals surface area contributed by atoms with Crippen molar-refractivity contribution in [2.45, 2.75) is 75.5 Å². The highest BCUT2D eigenvalue weighted by Gasteiger charge is 2.46. The summed E-state index contributed by atoms with van der Waals surface area (Å²) < 4.78 is 7.93. The fourth-order valence-corrected chi connectivity index (χ4v) is 7.40. The number of nitrogens with one attached hydrogen (secondary N) is 1. The number of carbonyl (C=O) groups is 2. The number of ether oxygens (including phenoxy) is 1. The Morgan fingerprint density at radius 3 is 2.52 bits per heavy atom. The van der Waals surface area contributed by atoms with E-state index in [1.165, 1.54) is 5.56 Å². The zero-order valence-electron chi connectivity index (χ0n) is 25.7. The molecule has 7 rings (SSSR count). The van der Waals surface area contributed by atoms with E-state index in [0.717, 1.165) is 76.0 Å². The highest BCUT2D eigenvalue weighted by molar-refractivity contribution is 5.78. The van der Waals surface area contributed by atoms with Crippen molar-refractivity contribution < 1.29 is 19.4 Å². The monoisotopic (exact) mass is 601 g/mol. The maximum Gasteiger partial charge on any atom is 0.318 e. The number of aromatic nitrogens is 3. The second kappa shape index (κ2) is 11.3. The van der Waals surface area contributed by atoms with Crippen LogP contribution in [0.5, 0.6) is 5.75 Å². The van der Waals surface area contributed by atoms with E-state index in [9.17, 15) is 14.7 Å². The average Bonchev–Trinajstić information content (AvgIpc) is 3.60. The SMILES string of the molecule is CC(=O)N1CCC(N2CCC3(CC2)CN(CC(O)c2nc4c(C)cc(OCC5(c6ccccc6)CC5)cn4n2)C(=O)N3)CC1. The van der Waals surface area contributed by atoms with Gasteiger partial charge in [-0.3, -0.25) is 4.79 Å². The molecule has 0 radical (unpaired) electrons. The van der Waals surface area contributed by atoms with Crippen molar-refractivity contribution in [3.05, 3.63) is 59.5 Å². The van der Waals surface area contributed by atoms with Crippen LogP contribution in [0.2, 0.25) is 0 Å². The quantitative estimate of drug-likeness (QED) is 0.408. The first-order valence-electron chi connectivity index (χ1n) is 16.0. The van der Waals surface area contributed by atoms with Crippen LogP contribution in [0.15, 0.2) is 42.6 Å². The Kier molecular flexibility index (Phi) is 7.48. The van der Waals surface area contributed by atoms with Gasteiger partial charge >= 0.3 is 6.03 Å². The second-order valence-corrected chi connectivity index (χ2v) is 13.4. The number of carbonyl (C=O) groups excluding carboxylic acids is 2. The van der Waals surface area contributed by atoms with Gasteiger partial charge in [-0.2, -0.15) is 0 Å². The minimum absolute atomic E-state index is 0.0756. The van der Waals surface area contributed by atoms with E-state index < -0.39 is 6.10 Å². The summed E-state index contributed by atoms with van der Waals surface area (Å²) in [5.74, 6) is 1.18. The number of hydrogen-bond donors (Lipinski definition) is 2. The predicted octanol–water partition coefficient (Wildman–Crippen LogP) is 3.05. The third-order valence-electron chi connectivity index (χ3n) is 10.4. The molecule has 4 aliphatic rings. The van der Waals surface area contributed by atoms with Gasteiger partial charge in [0.15, 0.2) is 11.5 Å². The number of pyridine rings is 1. The number of fused-ring (bicyclic) bond motifs is 1. The molecule has 11 nitrogen and oxygen atoms in total. The zero-order chi connectivity index (χ0) is 30.5. The third kappa shape index (κ3) is 5.63.